The number of anilines is 3. The van der Waals surface area contributed by atoms with E-state index in [-0.39, 0.29) is 94.2 Å². The highest BCUT2D eigenvalue weighted by molar-refractivity contribution is 8.14. The van der Waals surface area contributed by atoms with E-state index in [1.165, 1.54) is 99.1 Å². The summed E-state index contributed by atoms with van der Waals surface area (Å²) in [4.78, 5) is 120. The van der Waals surface area contributed by atoms with Crippen LogP contribution in [0.4, 0.5) is 17.5 Å². The molecule has 9 rings (SSSR count). The average Bonchev–Trinajstić information content (AvgIpc) is 1.61. The number of nitrogens with zero attached hydrogens (tertiary/aromatic N) is 6. The van der Waals surface area contributed by atoms with E-state index in [4.69, 9.17) is 86.3 Å². The molecule has 102 heavy (non-hydrogen) atoms. The number of carbonyl (C=O) groups is 6. The second-order valence-corrected chi connectivity index (χ2v) is 33.2. The Morgan fingerprint density at radius 1 is 0.490 bits per heavy atom. The molecule has 9 N–H and O–H groups in total. The van der Waals surface area contributed by atoms with Gasteiger partial charge >= 0.3 is 58.4 Å². The van der Waals surface area contributed by atoms with Crippen LogP contribution in [0.15, 0.2) is 51.2 Å². The van der Waals surface area contributed by atoms with Gasteiger partial charge in [0.1, 0.15) is 87.1 Å². The third-order valence-corrected chi connectivity index (χ3v) is 23.7. The van der Waals surface area contributed by atoms with E-state index < -0.39 is 162 Å². The number of rotatable bonds is 24. The van der Waals surface area contributed by atoms with E-state index in [1.54, 1.807) is 20.8 Å². The van der Waals surface area contributed by atoms with E-state index in [1.807, 2.05) is 0 Å². The Morgan fingerprint density at radius 3 is 0.941 bits per heavy atom. The molecule has 0 saturated carbocycles. The van der Waals surface area contributed by atoms with Crippen molar-refractivity contribution in [2.75, 3.05) is 93.9 Å². The van der Waals surface area contributed by atoms with Crippen molar-refractivity contribution in [1.82, 2.24) is 28.7 Å². The molecule has 6 saturated heterocycles. The first kappa shape index (κ1) is 83.9. The fraction of sp³-hybridized carbons (Fsp3) is 0.684. The summed E-state index contributed by atoms with van der Waals surface area (Å²) in [5.74, 6) is -1.70. The van der Waals surface area contributed by atoms with Crippen molar-refractivity contribution in [1.29, 1.82) is 0 Å². The second kappa shape index (κ2) is 33.6. The Kier molecular flexibility index (Phi) is 27.6. The summed E-state index contributed by atoms with van der Waals surface area (Å²) < 4.78 is 122. The van der Waals surface area contributed by atoms with Gasteiger partial charge in [-0.25, -0.2) is 28.1 Å². The zero-order valence-electron chi connectivity index (χ0n) is 57.5. The van der Waals surface area contributed by atoms with E-state index in [0.29, 0.717) is 0 Å². The van der Waals surface area contributed by atoms with Crippen molar-refractivity contribution >= 4 is 109 Å². The Labute approximate surface area is 595 Å². The highest BCUT2D eigenvalue weighted by Crippen LogP contribution is 2.61. The van der Waals surface area contributed by atoms with E-state index in [2.05, 4.69) is 15.0 Å². The molecular formula is C57H84N9O30P3S3. The zero-order chi connectivity index (χ0) is 75.9. The smallest absolute Gasteiger partial charge is 0.465 e. The van der Waals surface area contributed by atoms with Crippen LogP contribution in [-0.4, -0.2) is 207 Å². The van der Waals surface area contributed by atoms with Crippen molar-refractivity contribution < 1.29 is 127 Å². The first-order valence-corrected chi connectivity index (χ1v) is 38.7. The summed E-state index contributed by atoms with van der Waals surface area (Å²) in [6, 6.07) is 4.11. The maximum atomic E-state index is 13.0. The van der Waals surface area contributed by atoms with Crippen LogP contribution in [0, 0.1) is 16.2 Å². The molecule has 6 fully saturated rings. The number of nitrogens with two attached hydrogens (primary N) is 3. The normalized spacial score (nSPS) is 31.1. The zero-order valence-corrected chi connectivity index (χ0v) is 62.6. The molecule has 39 nitrogen and oxygen atoms in total. The molecule has 0 bridgehead atoms. The van der Waals surface area contributed by atoms with Gasteiger partial charge in [-0.05, 0) is 101 Å². The Morgan fingerprint density at radius 2 is 0.725 bits per heavy atom. The summed E-state index contributed by atoms with van der Waals surface area (Å²) in [6.07, 6.45) is -5.55. The minimum absolute atomic E-state index is 0.00999. The van der Waals surface area contributed by atoms with Crippen molar-refractivity contribution in [3.63, 3.8) is 0 Å². The molecule has 6 aliphatic heterocycles. The van der Waals surface area contributed by atoms with E-state index in [0.717, 1.165) is 49.0 Å². The number of thioether (sulfide) groups is 3. The van der Waals surface area contributed by atoms with Crippen molar-refractivity contribution in [3.05, 3.63) is 68.2 Å². The van der Waals surface area contributed by atoms with Crippen molar-refractivity contribution in [2.45, 2.75) is 155 Å². The van der Waals surface area contributed by atoms with Crippen LogP contribution in [0.5, 0.6) is 0 Å². The largest absolute Gasteiger partial charge is 0.475 e. The van der Waals surface area contributed by atoms with Crippen LogP contribution in [-0.2, 0) is 112 Å². The number of hydrogen-bond donors (Lipinski definition) is 6. The Hall–Kier alpha value is -5.40. The molecule has 0 radical (unpaired) electrons. The topological polar surface area (TPSA) is 536 Å². The molecule has 0 aliphatic carbocycles. The molecule has 0 spiro atoms. The molecule has 45 heteroatoms. The van der Waals surface area contributed by atoms with Crippen LogP contribution in [0.1, 0.15) is 102 Å². The van der Waals surface area contributed by atoms with Gasteiger partial charge in [0.05, 0.1) is 59.5 Å². The molecule has 0 amide bonds. The molecule has 3 aromatic heterocycles. The summed E-state index contributed by atoms with van der Waals surface area (Å²) in [7, 11) is -12.3. The Balaban J connectivity index is 0.000000214. The number of fused-ring (bicyclic) bond motifs is 3. The van der Waals surface area contributed by atoms with Crippen molar-refractivity contribution in [3.8, 4) is 0 Å². The number of ether oxygens (including phenoxy) is 6. The molecule has 3 aromatic rings. The maximum Gasteiger partial charge on any atom is 0.475 e. The monoisotopic (exact) mass is 1560 g/mol. The number of aromatic nitrogens is 6. The average molecular weight is 1560 g/mol. The lowest BCUT2D eigenvalue weighted by atomic mass is 9.96. The number of carbonyl (C=O) groups excluding carboxylic acids is 6. The predicted molar refractivity (Wildman–Crippen MR) is 359 cm³/mol. The Bertz CT molecular complexity index is 3520. The molecule has 1 unspecified atom stereocenters. The van der Waals surface area contributed by atoms with Gasteiger partial charge in [-0.1, -0.05) is 35.3 Å². The fourth-order valence-corrected chi connectivity index (χ4v) is 17.4. The third-order valence-electron chi connectivity index (χ3n) is 16.0. The number of phosphoric acid groups is 3. The SMILES string of the molecule is CCOC(=O)C(C)(C)C(=O)SCCOP1(=O)OC[C@H]2O[C@@H](n3ccc(N)nc3=O)[C@](C)(O)[C@@H]2O1.CCOC(=O)C(C)(C)C(=O)SCCO[P@@]1(=O)OC[C@H]2O[C@@H](n3ccc(N)nc3=O)[C@](C)(O)[C@@H]2O1.CCOC(=O)C(C)(C)C(=O)SCCO[P@]1(=O)OC[C@H]2O[C@@H](n3ccc(N)nc3=O)[C@](C)(O)[C@@H]2O1. The number of aliphatic hydroxyl groups is 3. The standard InChI is InChI=1S/3C19H28N3O10PS/c3*1-5-28-15(23)18(2,3)16(24)34-9-8-29-33(27)30-10-11-13(32-33)19(4,26)14(31-11)22-7-6-12(20)21-17(22)25/h3*6-7,11,13-14,26H,5,8-10H2,1-4H3,(H2,20,21,25)/t11-,13-,14-,19-,33?;11-,13-,14-,19-,33+;11-,13-,14-,19-,33-/m111/s1. The summed E-state index contributed by atoms with van der Waals surface area (Å²) in [5.41, 5.74) is 4.89. The van der Waals surface area contributed by atoms with Crippen LogP contribution in [0.25, 0.3) is 0 Å². The van der Waals surface area contributed by atoms with Gasteiger partial charge in [0, 0.05) is 35.8 Å². The van der Waals surface area contributed by atoms with Gasteiger partial charge in [-0.2, -0.15) is 15.0 Å². The molecule has 570 valence electrons. The van der Waals surface area contributed by atoms with Gasteiger partial charge in [0.2, 0.25) is 15.3 Å². The second-order valence-electron chi connectivity index (χ2n) is 25.1. The predicted octanol–water partition coefficient (Wildman–Crippen LogP) is 2.59. The van der Waals surface area contributed by atoms with Crippen LogP contribution in [0.3, 0.4) is 0 Å². The minimum atomic E-state index is -4.11. The van der Waals surface area contributed by atoms with Gasteiger partial charge in [-0.15, -0.1) is 0 Å². The lowest BCUT2D eigenvalue weighted by Gasteiger charge is -2.35. The van der Waals surface area contributed by atoms with Crippen LogP contribution < -0.4 is 34.3 Å². The van der Waals surface area contributed by atoms with Crippen LogP contribution >= 0.6 is 58.8 Å². The molecule has 6 aliphatic rings. The van der Waals surface area contributed by atoms with E-state index >= 15 is 0 Å². The van der Waals surface area contributed by atoms with Crippen LogP contribution in [0.2, 0.25) is 0 Å². The lowest BCUT2D eigenvalue weighted by Crippen LogP contribution is -2.49. The highest BCUT2D eigenvalue weighted by atomic mass is 32.2. The summed E-state index contributed by atoms with van der Waals surface area (Å²) in [5, 5.41) is 31.9. The number of nitrogen functional groups attached to an aromatic ring is 3. The highest BCUT2D eigenvalue weighted by Gasteiger charge is 2.63. The van der Waals surface area contributed by atoms with Gasteiger partial charge in [0.25, 0.3) is 0 Å². The summed E-state index contributed by atoms with van der Waals surface area (Å²) in [6.45, 7) is 17.0. The number of hydrogen-bond acceptors (Lipinski definition) is 39. The lowest BCUT2D eigenvalue weighted by molar-refractivity contribution is -0.156. The molecule has 9 heterocycles. The molecular weight excluding hydrogens is 1480 g/mol. The fourth-order valence-electron chi connectivity index (χ4n) is 10.2. The molecule has 0 aromatic carbocycles. The minimum Gasteiger partial charge on any atom is -0.465 e. The van der Waals surface area contributed by atoms with Crippen molar-refractivity contribution in [2.24, 2.45) is 16.2 Å². The van der Waals surface area contributed by atoms with Gasteiger partial charge < -0.3 is 60.9 Å². The first-order chi connectivity index (χ1) is 47.4. The number of phosphoric ester groups is 3. The summed E-state index contributed by atoms with van der Waals surface area (Å²) >= 11 is 2.45. The van der Waals surface area contributed by atoms with Gasteiger partial charge in [-0.3, -0.25) is 83.2 Å². The number of esters is 3. The van der Waals surface area contributed by atoms with E-state index in [9.17, 15) is 72.2 Å². The van der Waals surface area contributed by atoms with Gasteiger partial charge in [0.15, 0.2) is 18.7 Å². The first-order valence-electron chi connectivity index (χ1n) is 31.4. The molecule has 15 atom stereocenters. The quantitative estimate of drug-likeness (QED) is 0.0247. The third kappa shape index (κ3) is 19.2. The maximum absolute atomic E-state index is 13.0.